The van der Waals surface area contributed by atoms with Crippen LogP contribution in [0.2, 0.25) is 0 Å². The van der Waals surface area contributed by atoms with Crippen LogP contribution >= 0.6 is 0 Å². The molecule has 0 aliphatic carbocycles. The van der Waals surface area contributed by atoms with Crippen LogP contribution in [-0.2, 0) is 28.6 Å². The predicted octanol–water partition coefficient (Wildman–Crippen LogP) is 12.1. The van der Waals surface area contributed by atoms with Crippen molar-refractivity contribution in [1.29, 1.82) is 0 Å². The summed E-state index contributed by atoms with van der Waals surface area (Å²) in [5, 5.41) is 0. The van der Waals surface area contributed by atoms with Gasteiger partial charge in [0.15, 0.2) is 0 Å². The average molecular weight is 734 g/mol. The second-order valence-corrected chi connectivity index (χ2v) is 16.9. The minimum absolute atomic E-state index is 0.0727. The number of hydrogen-bond donors (Lipinski definition) is 0. The third-order valence-corrected chi connectivity index (χ3v) is 9.40. The van der Waals surface area contributed by atoms with E-state index >= 15 is 0 Å². The molecule has 0 aromatic carbocycles. The van der Waals surface area contributed by atoms with E-state index in [1.807, 2.05) is 12.2 Å². The number of esters is 3. The molecule has 0 spiro atoms. The summed E-state index contributed by atoms with van der Waals surface area (Å²) >= 11 is 0. The third-order valence-electron chi connectivity index (χ3n) is 9.40. The van der Waals surface area contributed by atoms with Crippen LogP contribution in [0.1, 0.15) is 196 Å². The summed E-state index contributed by atoms with van der Waals surface area (Å²) in [5.74, 6) is -0.541. The molecule has 0 aliphatic heterocycles. The number of ether oxygens (including phenoxy) is 3. The van der Waals surface area contributed by atoms with Gasteiger partial charge in [-0.2, -0.15) is 0 Å². The number of unbranched alkanes of at least 4 members (excludes halogenated alkanes) is 14. The van der Waals surface area contributed by atoms with Crippen LogP contribution in [0.25, 0.3) is 0 Å². The van der Waals surface area contributed by atoms with E-state index in [2.05, 4.69) is 72.7 Å². The van der Waals surface area contributed by atoms with Crippen LogP contribution in [0.5, 0.6) is 0 Å². The molecular weight excluding hydrogens is 650 g/mol. The van der Waals surface area contributed by atoms with Gasteiger partial charge in [0, 0.05) is 19.4 Å². The summed E-state index contributed by atoms with van der Waals surface area (Å²) in [6.45, 7) is 14.9. The van der Waals surface area contributed by atoms with E-state index in [1.54, 1.807) is 0 Å². The van der Waals surface area contributed by atoms with E-state index in [4.69, 9.17) is 14.2 Å². The van der Waals surface area contributed by atoms with Crippen molar-refractivity contribution in [3.63, 3.8) is 0 Å². The fourth-order valence-corrected chi connectivity index (χ4v) is 7.32. The van der Waals surface area contributed by atoms with E-state index in [0.717, 1.165) is 38.6 Å². The topological polar surface area (TPSA) is 82.1 Å². The molecule has 0 amide bonds. The van der Waals surface area contributed by atoms with Gasteiger partial charge in [-0.3, -0.25) is 14.4 Å². The zero-order valence-corrected chi connectivity index (χ0v) is 35.4. The van der Waals surface area contributed by atoms with Gasteiger partial charge in [-0.25, -0.2) is 0 Å². The minimum Gasteiger partial charge on any atom is -0.462 e. The first-order chi connectivity index (χ1) is 24.8. The normalized spacial score (nSPS) is 12.4. The lowest BCUT2D eigenvalue weighted by molar-refractivity contribution is -0.153. The van der Waals surface area contributed by atoms with Crippen molar-refractivity contribution < 1.29 is 28.6 Å². The van der Waals surface area contributed by atoms with Crippen molar-refractivity contribution >= 4 is 17.9 Å². The summed E-state index contributed by atoms with van der Waals surface area (Å²) < 4.78 is 16.9. The minimum atomic E-state index is -0.236. The maximum Gasteiger partial charge on any atom is 0.306 e. The Morgan fingerprint density at radius 1 is 0.558 bits per heavy atom. The fourth-order valence-electron chi connectivity index (χ4n) is 7.32. The molecule has 7 heteroatoms. The predicted molar refractivity (Wildman–Crippen MR) is 218 cm³/mol. The van der Waals surface area contributed by atoms with Gasteiger partial charge in [0.05, 0.1) is 6.42 Å². The Morgan fingerprint density at radius 2 is 1.00 bits per heavy atom. The number of nitrogens with zero attached hydrogens (tertiary/aromatic N) is 1. The van der Waals surface area contributed by atoms with Crippen molar-refractivity contribution in [2.24, 2.45) is 10.8 Å². The highest BCUT2D eigenvalue weighted by atomic mass is 16.5. The molecule has 52 heavy (non-hydrogen) atoms. The first-order valence-corrected chi connectivity index (χ1v) is 21.3. The van der Waals surface area contributed by atoms with Crippen molar-refractivity contribution in [2.75, 3.05) is 33.9 Å². The van der Waals surface area contributed by atoms with E-state index in [-0.39, 0.29) is 34.8 Å². The summed E-state index contributed by atoms with van der Waals surface area (Å²) in [6, 6.07) is 0. The molecule has 0 bridgehead atoms. The third kappa shape index (κ3) is 33.7. The van der Waals surface area contributed by atoms with Gasteiger partial charge in [-0.05, 0) is 95.6 Å². The number of carbonyl (C=O) groups is 3. The monoisotopic (exact) mass is 734 g/mol. The van der Waals surface area contributed by atoms with Gasteiger partial charge in [-0.15, -0.1) is 0 Å². The average Bonchev–Trinajstić information content (AvgIpc) is 3.05. The van der Waals surface area contributed by atoms with Gasteiger partial charge < -0.3 is 19.1 Å². The highest BCUT2D eigenvalue weighted by Crippen LogP contribution is 2.37. The van der Waals surface area contributed by atoms with Crippen molar-refractivity contribution in [1.82, 2.24) is 4.90 Å². The zero-order valence-electron chi connectivity index (χ0n) is 35.4. The number of rotatable bonds is 35. The van der Waals surface area contributed by atoms with Crippen molar-refractivity contribution in [3.8, 4) is 0 Å². The zero-order chi connectivity index (χ0) is 38.9. The Balaban J connectivity index is 4.69. The second-order valence-electron chi connectivity index (χ2n) is 16.9. The van der Waals surface area contributed by atoms with E-state index in [9.17, 15) is 14.4 Å². The molecule has 0 aliphatic rings. The summed E-state index contributed by atoms with van der Waals surface area (Å²) in [7, 11) is 4.16. The van der Waals surface area contributed by atoms with E-state index < -0.39 is 0 Å². The molecule has 0 N–H and O–H groups in total. The Hall–Kier alpha value is -2.15. The summed E-state index contributed by atoms with van der Waals surface area (Å²) in [6.07, 6.45) is 31.6. The fraction of sp³-hybridized carbons (Fsp3) is 0.844. The van der Waals surface area contributed by atoms with Crippen LogP contribution < -0.4 is 0 Å². The van der Waals surface area contributed by atoms with Gasteiger partial charge in [-0.1, -0.05) is 130 Å². The smallest absolute Gasteiger partial charge is 0.306 e. The molecule has 0 atom stereocenters. The van der Waals surface area contributed by atoms with Crippen molar-refractivity contribution in [2.45, 2.75) is 202 Å². The van der Waals surface area contributed by atoms with Crippen LogP contribution in [0.15, 0.2) is 24.3 Å². The lowest BCUT2D eigenvalue weighted by Crippen LogP contribution is -2.34. The Bertz CT molecular complexity index is 903. The highest BCUT2D eigenvalue weighted by Gasteiger charge is 2.32. The SMILES string of the molecule is CCCCCCCC/C=C\COC(=O)CCCCC(CCCCC(=O)OC/C=C\CCCCCCCC)OC(=O)CC(C)(C)CC(C)(C)CN(C)C. The van der Waals surface area contributed by atoms with Crippen LogP contribution in [-0.4, -0.2) is 62.8 Å². The lowest BCUT2D eigenvalue weighted by atomic mass is 9.73. The quantitative estimate of drug-likeness (QED) is 0.0277. The van der Waals surface area contributed by atoms with Crippen LogP contribution in [0, 0.1) is 10.8 Å². The molecule has 0 aromatic heterocycles. The summed E-state index contributed by atoms with van der Waals surface area (Å²) in [5.41, 5.74) is -0.121. The molecule has 0 rings (SSSR count). The van der Waals surface area contributed by atoms with Crippen molar-refractivity contribution in [3.05, 3.63) is 24.3 Å². The van der Waals surface area contributed by atoms with Gasteiger partial charge in [0.1, 0.15) is 19.3 Å². The molecule has 0 unspecified atom stereocenters. The molecule has 7 nitrogen and oxygen atoms in total. The first kappa shape index (κ1) is 49.9. The van der Waals surface area contributed by atoms with Crippen LogP contribution in [0.4, 0.5) is 0 Å². The molecule has 0 heterocycles. The molecule has 0 saturated heterocycles. The molecule has 304 valence electrons. The summed E-state index contributed by atoms with van der Waals surface area (Å²) in [4.78, 5) is 40.0. The first-order valence-electron chi connectivity index (χ1n) is 21.3. The Labute approximate surface area is 321 Å². The lowest BCUT2D eigenvalue weighted by Gasteiger charge is -2.36. The highest BCUT2D eigenvalue weighted by molar-refractivity contribution is 5.70. The number of hydrogen-bond acceptors (Lipinski definition) is 7. The molecule has 0 aromatic rings. The Morgan fingerprint density at radius 3 is 1.44 bits per heavy atom. The maximum atomic E-state index is 13.2. The van der Waals surface area contributed by atoms with Gasteiger partial charge >= 0.3 is 17.9 Å². The van der Waals surface area contributed by atoms with Crippen LogP contribution in [0.3, 0.4) is 0 Å². The molecular formula is C45H83NO6. The molecule has 0 saturated carbocycles. The van der Waals surface area contributed by atoms with E-state index in [1.165, 1.54) is 77.0 Å². The Kier molecular flexibility index (Phi) is 31.0. The molecule has 0 fully saturated rings. The maximum absolute atomic E-state index is 13.2. The molecule has 0 radical (unpaired) electrons. The second kappa shape index (κ2) is 32.3. The number of carbonyl (C=O) groups excluding carboxylic acids is 3. The number of allylic oxidation sites excluding steroid dienone is 2. The van der Waals surface area contributed by atoms with Gasteiger partial charge in [0.25, 0.3) is 0 Å². The van der Waals surface area contributed by atoms with E-state index in [0.29, 0.717) is 58.2 Å². The largest absolute Gasteiger partial charge is 0.462 e. The van der Waals surface area contributed by atoms with Gasteiger partial charge in [0.2, 0.25) is 0 Å². The standard InChI is InChI=1S/C45H83NO6/c1-9-11-13-15-17-19-21-23-29-35-50-41(47)33-27-25-31-40(52-43(49)37-44(3,4)38-45(5,6)39-46(7)8)32-26-28-34-42(48)51-36-30-24-22-20-18-16-14-12-10-2/h23-24,29-30,40H,9-22,25-28,31-39H2,1-8H3/b29-23-,30-24-.